The van der Waals surface area contributed by atoms with Gasteiger partial charge in [0.15, 0.2) is 0 Å². The third-order valence-electron chi connectivity index (χ3n) is 6.44. The summed E-state index contributed by atoms with van der Waals surface area (Å²) in [6.07, 6.45) is 0. The summed E-state index contributed by atoms with van der Waals surface area (Å²) >= 11 is 26.9. The fourth-order valence-electron chi connectivity index (χ4n) is 5.54. The lowest BCUT2D eigenvalue weighted by Crippen LogP contribution is -2.50. The van der Waals surface area contributed by atoms with Gasteiger partial charge in [0, 0.05) is 5.92 Å². The highest BCUT2D eigenvalue weighted by atomic mass is 35.5. The summed E-state index contributed by atoms with van der Waals surface area (Å²) in [6.45, 7) is 6.76. The Bertz CT molecular complexity index is 1110. The van der Waals surface area contributed by atoms with E-state index in [0.29, 0.717) is 20.1 Å². The fourth-order valence-corrected chi connectivity index (χ4v) is 6.66. The molecule has 0 aliphatic heterocycles. The van der Waals surface area contributed by atoms with E-state index in [1.54, 1.807) is 0 Å². The van der Waals surface area contributed by atoms with Crippen LogP contribution in [0.15, 0.2) is 48.5 Å². The van der Waals surface area contributed by atoms with Crippen LogP contribution in [0, 0.1) is 5.41 Å². The van der Waals surface area contributed by atoms with E-state index in [2.05, 4.69) is 69.3 Å². The second-order valence-corrected chi connectivity index (χ2v) is 10.2. The number of benzene rings is 3. The SMILES string of the molecule is CC(C)(C)C12c3ccccc3C(c3ccccc31)c1c(Cl)c(Cl)c(Cl)c(Cl)c12. The van der Waals surface area contributed by atoms with Gasteiger partial charge in [0.2, 0.25) is 0 Å². The molecule has 0 heterocycles. The number of hydrogen-bond donors (Lipinski definition) is 0. The first-order chi connectivity index (χ1) is 13.2. The van der Waals surface area contributed by atoms with E-state index < -0.39 is 5.41 Å². The molecule has 142 valence electrons. The van der Waals surface area contributed by atoms with Gasteiger partial charge in [-0.1, -0.05) is 116 Å². The van der Waals surface area contributed by atoms with Crippen molar-refractivity contribution in [1.29, 1.82) is 0 Å². The van der Waals surface area contributed by atoms with Crippen LogP contribution in [-0.4, -0.2) is 0 Å². The normalized spacial score (nSPS) is 21.9. The van der Waals surface area contributed by atoms with Crippen molar-refractivity contribution < 1.29 is 0 Å². The molecular formula is C24H18Cl4. The van der Waals surface area contributed by atoms with Crippen molar-refractivity contribution in [3.05, 3.63) is 102 Å². The molecule has 0 fully saturated rings. The molecule has 3 aliphatic carbocycles. The molecule has 3 aliphatic rings. The summed E-state index contributed by atoms with van der Waals surface area (Å²) in [5.74, 6) is -0.00797. The zero-order valence-electron chi connectivity index (χ0n) is 15.7. The summed E-state index contributed by atoms with van der Waals surface area (Å²) < 4.78 is 0. The van der Waals surface area contributed by atoms with Crippen LogP contribution in [0.3, 0.4) is 0 Å². The Balaban J connectivity index is 2.11. The van der Waals surface area contributed by atoms with Crippen molar-refractivity contribution in [2.75, 3.05) is 0 Å². The van der Waals surface area contributed by atoms with E-state index in [1.165, 1.54) is 22.3 Å². The summed E-state index contributed by atoms with van der Waals surface area (Å²) in [4.78, 5) is 0. The molecule has 3 aromatic rings. The lowest BCUT2D eigenvalue weighted by atomic mass is 9.45. The van der Waals surface area contributed by atoms with Crippen LogP contribution >= 0.6 is 46.4 Å². The van der Waals surface area contributed by atoms with Crippen molar-refractivity contribution in [3.8, 4) is 0 Å². The Morgan fingerprint density at radius 2 is 1.14 bits per heavy atom. The van der Waals surface area contributed by atoms with E-state index in [-0.39, 0.29) is 11.3 Å². The maximum Gasteiger partial charge on any atom is 0.0797 e. The van der Waals surface area contributed by atoms with Gasteiger partial charge in [-0.3, -0.25) is 0 Å². The fraction of sp³-hybridized carbons (Fsp3) is 0.250. The van der Waals surface area contributed by atoms with Crippen molar-refractivity contribution >= 4 is 46.4 Å². The van der Waals surface area contributed by atoms with Crippen LogP contribution in [0.5, 0.6) is 0 Å². The minimum absolute atomic E-state index is 0.00797. The predicted octanol–water partition coefficient (Wildman–Crippen LogP) is 8.49. The van der Waals surface area contributed by atoms with Gasteiger partial charge in [0.25, 0.3) is 0 Å². The molecule has 4 heteroatoms. The summed E-state index contributed by atoms with van der Waals surface area (Å²) in [7, 11) is 0. The molecular weight excluding hydrogens is 430 g/mol. The third-order valence-corrected chi connectivity index (χ3v) is 8.26. The summed E-state index contributed by atoms with van der Waals surface area (Å²) in [5.41, 5.74) is 6.41. The van der Waals surface area contributed by atoms with Crippen molar-refractivity contribution in [2.24, 2.45) is 5.41 Å². The highest BCUT2D eigenvalue weighted by Gasteiger charge is 2.59. The van der Waals surface area contributed by atoms with Crippen LogP contribution in [0.4, 0.5) is 0 Å². The molecule has 6 rings (SSSR count). The molecule has 0 aromatic heterocycles. The zero-order valence-corrected chi connectivity index (χ0v) is 18.7. The topological polar surface area (TPSA) is 0 Å². The molecule has 0 spiro atoms. The Kier molecular flexibility index (Phi) is 3.98. The van der Waals surface area contributed by atoms with E-state index in [4.69, 9.17) is 46.4 Å². The largest absolute Gasteiger partial charge is 0.0823 e. The maximum absolute atomic E-state index is 6.94. The van der Waals surface area contributed by atoms with E-state index in [1.807, 2.05) is 0 Å². The first kappa shape index (κ1) is 18.8. The zero-order chi connectivity index (χ0) is 20.0. The van der Waals surface area contributed by atoms with Gasteiger partial charge in [-0.2, -0.15) is 0 Å². The molecule has 2 bridgehead atoms. The second-order valence-electron chi connectivity index (χ2n) is 8.65. The Morgan fingerprint density at radius 1 is 0.679 bits per heavy atom. The molecule has 0 saturated carbocycles. The standard InChI is InChI=1S/C24H18Cl4/c1-23(2,3)24-14-10-6-4-8-12(14)16(13-9-5-7-11-15(13)24)17-18(24)20(26)22(28)21(27)19(17)25/h4-11,16H,1-3H3. The van der Waals surface area contributed by atoms with E-state index in [0.717, 1.165) is 11.1 Å². The van der Waals surface area contributed by atoms with Gasteiger partial charge in [-0.05, 0) is 38.8 Å². The molecule has 28 heavy (non-hydrogen) atoms. The molecule has 3 aromatic carbocycles. The van der Waals surface area contributed by atoms with Crippen LogP contribution in [0.1, 0.15) is 60.1 Å². The predicted molar refractivity (Wildman–Crippen MR) is 120 cm³/mol. The average Bonchev–Trinajstić information content (AvgIpc) is 2.69. The first-order valence-electron chi connectivity index (χ1n) is 9.28. The second kappa shape index (κ2) is 5.92. The first-order valence-corrected chi connectivity index (χ1v) is 10.8. The number of hydrogen-bond acceptors (Lipinski definition) is 0. The highest BCUT2D eigenvalue weighted by molar-refractivity contribution is 6.52. The van der Waals surface area contributed by atoms with Crippen LogP contribution in [0.25, 0.3) is 0 Å². The molecule has 0 atom stereocenters. The van der Waals surface area contributed by atoms with E-state index in [9.17, 15) is 0 Å². The highest BCUT2D eigenvalue weighted by Crippen LogP contribution is 2.68. The molecule has 0 nitrogen and oxygen atoms in total. The lowest BCUT2D eigenvalue weighted by Gasteiger charge is -2.57. The van der Waals surface area contributed by atoms with Gasteiger partial charge in [-0.15, -0.1) is 0 Å². The molecule has 0 saturated heterocycles. The van der Waals surface area contributed by atoms with Crippen molar-refractivity contribution in [2.45, 2.75) is 32.1 Å². The van der Waals surface area contributed by atoms with Crippen LogP contribution in [0.2, 0.25) is 20.1 Å². The monoisotopic (exact) mass is 446 g/mol. The van der Waals surface area contributed by atoms with Gasteiger partial charge < -0.3 is 0 Å². The maximum atomic E-state index is 6.94. The van der Waals surface area contributed by atoms with Gasteiger partial charge in [-0.25, -0.2) is 0 Å². The number of halogens is 4. The molecule has 0 unspecified atom stereocenters. The Labute approximate surface area is 185 Å². The third kappa shape index (κ3) is 2.00. The minimum Gasteiger partial charge on any atom is -0.0823 e. The quantitative estimate of drug-likeness (QED) is 0.239. The molecule has 0 radical (unpaired) electrons. The van der Waals surface area contributed by atoms with Crippen molar-refractivity contribution in [1.82, 2.24) is 0 Å². The minimum atomic E-state index is -0.473. The molecule has 0 N–H and O–H groups in total. The number of rotatable bonds is 0. The van der Waals surface area contributed by atoms with Gasteiger partial charge in [0.1, 0.15) is 0 Å². The summed E-state index contributed by atoms with van der Waals surface area (Å²) in [5, 5.41) is 1.68. The van der Waals surface area contributed by atoms with Crippen molar-refractivity contribution in [3.63, 3.8) is 0 Å². The lowest BCUT2D eigenvalue weighted by molar-refractivity contribution is 0.256. The smallest absolute Gasteiger partial charge is 0.0797 e. The van der Waals surface area contributed by atoms with Gasteiger partial charge in [0.05, 0.1) is 25.5 Å². The summed E-state index contributed by atoms with van der Waals surface area (Å²) in [6, 6.07) is 17.2. The Hall–Kier alpha value is -1.18. The Morgan fingerprint density at radius 3 is 1.64 bits per heavy atom. The average molecular weight is 448 g/mol. The molecule has 0 amide bonds. The van der Waals surface area contributed by atoms with Crippen LogP contribution in [-0.2, 0) is 5.41 Å². The van der Waals surface area contributed by atoms with Crippen LogP contribution < -0.4 is 0 Å². The van der Waals surface area contributed by atoms with Gasteiger partial charge >= 0.3 is 0 Å². The van der Waals surface area contributed by atoms with E-state index >= 15 is 0 Å².